The van der Waals surface area contributed by atoms with E-state index in [2.05, 4.69) is 47.6 Å². The molecule has 1 aliphatic heterocycles. The van der Waals surface area contributed by atoms with E-state index in [1.807, 2.05) is 30.1 Å². The van der Waals surface area contributed by atoms with Crippen molar-refractivity contribution in [3.05, 3.63) is 41.0 Å². The van der Waals surface area contributed by atoms with Gasteiger partial charge in [-0.1, -0.05) is 30.3 Å². The molecule has 0 saturated carbocycles. The third-order valence-corrected chi connectivity index (χ3v) is 6.05. The minimum absolute atomic E-state index is 0.460. The molecule has 3 rings (SSSR count). The average Bonchev–Trinajstić information content (AvgIpc) is 2.93. The number of nitrogens with zero attached hydrogens (tertiary/aromatic N) is 2. The van der Waals surface area contributed by atoms with E-state index >= 15 is 0 Å². The minimum atomic E-state index is 0.460. The minimum Gasteiger partial charge on any atom is -0.314 e. The van der Waals surface area contributed by atoms with Crippen molar-refractivity contribution in [1.82, 2.24) is 15.2 Å². The molecule has 1 saturated heterocycles. The number of aromatic nitrogens is 1. The summed E-state index contributed by atoms with van der Waals surface area (Å²) in [6.45, 7) is 1.97. The van der Waals surface area contributed by atoms with Gasteiger partial charge in [-0.3, -0.25) is 4.90 Å². The molecular formula is C16H21N3S2. The van der Waals surface area contributed by atoms with Crippen LogP contribution in [0.3, 0.4) is 0 Å². The van der Waals surface area contributed by atoms with Crippen molar-refractivity contribution >= 4 is 23.1 Å². The van der Waals surface area contributed by atoms with Crippen LogP contribution in [-0.2, 0) is 6.54 Å². The maximum atomic E-state index is 4.95. The SMILES string of the molecule is CNCc1nc(C2CSCCN2C)sc1-c1ccccc1. The highest BCUT2D eigenvalue weighted by molar-refractivity contribution is 7.99. The zero-order chi connectivity index (χ0) is 14.7. The van der Waals surface area contributed by atoms with Crippen molar-refractivity contribution < 1.29 is 0 Å². The van der Waals surface area contributed by atoms with Crippen LogP contribution >= 0.6 is 23.1 Å². The predicted molar refractivity (Wildman–Crippen MR) is 93.0 cm³/mol. The number of hydrogen-bond donors (Lipinski definition) is 1. The Balaban J connectivity index is 1.96. The molecule has 2 aromatic rings. The Kier molecular flexibility index (Phi) is 4.95. The fraction of sp³-hybridized carbons (Fsp3) is 0.438. The molecule has 1 aromatic carbocycles. The average molecular weight is 319 g/mol. The summed E-state index contributed by atoms with van der Waals surface area (Å²) < 4.78 is 0. The lowest BCUT2D eigenvalue weighted by Crippen LogP contribution is -2.32. The molecule has 1 N–H and O–H groups in total. The normalized spacial score (nSPS) is 19.8. The van der Waals surface area contributed by atoms with Crippen LogP contribution in [0.15, 0.2) is 30.3 Å². The van der Waals surface area contributed by atoms with E-state index < -0.39 is 0 Å². The number of thiazole rings is 1. The second-order valence-electron chi connectivity index (χ2n) is 5.30. The van der Waals surface area contributed by atoms with Crippen molar-refractivity contribution in [3.8, 4) is 10.4 Å². The molecule has 2 heterocycles. The van der Waals surface area contributed by atoms with Gasteiger partial charge in [0.1, 0.15) is 5.01 Å². The van der Waals surface area contributed by atoms with Crippen molar-refractivity contribution in [2.75, 3.05) is 32.1 Å². The number of thioether (sulfide) groups is 1. The molecule has 1 aliphatic rings. The number of benzene rings is 1. The molecule has 5 heteroatoms. The van der Waals surface area contributed by atoms with Gasteiger partial charge in [0.05, 0.1) is 16.6 Å². The van der Waals surface area contributed by atoms with Crippen LogP contribution in [0, 0.1) is 0 Å². The van der Waals surface area contributed by atoms with Gasteiger partial charge in [0, 0.05) is 24.6 Å². The molecule has 1 unspecified atom stereocenters. The molecule has 0 radical (unpaired) electrons. The highest BCUT2D eigenvalue weighted by Gasteiger charge is 2.25. The zero-order valence-corrected chi connectivity index (χ0v) is 14.1. The van der Waals surface area contributed by atoms with E-state index in [1.54, 1.807) is 0 Å². The number of hydrogen-bond acceptors (Lipinski definition) is 5. The summed E-state index contributed by atoms with van der Waals surface area (Å²) in [4.78, 5) is 8.70. The smallest absolute Gasteiger partial charge is 0.112 e. The van der Waals surface area contributed by atoms with Gasteiger partial charge >= 0.3 is 0 Å². The summed E-state index contributed by atoms with van der Waals surface area (Å²) in [5, 5.41) is 4.51. The number of rotatable bonds is 4. The molecule has 112 valence electrons. The first-order valence-electron chi connectivity index (χ1n) is 7.27. The van der Waals surface area contributed by atoms with E-state index in [0.29, 0.717) is 6.04 Å². The quantitative estimate of drug-likeness (QED) is 0.936. The largest absolute Gasteiger partial charge is 0.314 e. The highest BCUT2D eigenvalue weighted by Crippen LogP contribution is 2.37. The summed E-state index contributed by atoms with van der Waals surface area (Å²) in [6, 6.07) is 11.1. The molecule has 21 heavy (non-hydrogen) atoms. The van der Waals surface area contributed by atoms with Crippen LogP contribution in [0.2, 0.25) is 0 Å². The van der Waals surface area contributed by atoms with Gasteiger partial charge in [0.2, 0.25) is 0 Å². The van der Waals surface area contributed by atoms with Gasteiger partial charge in [-0.05, 0) is 19.7 Å². The maximum absolute atomic E-state index is 4.95. The van der Waals surface area contributed by atoms with Crippen LogP contribution < -0.4 is 5.32 Å². The van der Waals surface area contributed by atoms with Crippen LogP contribution in [0.4, 0.5) is 0 Å². The first-order valence-corrected chi connectivity index (χ1v) is 9.24. The lowest BCUT2D eigenvalue weighted by molar-refractivity contribution is 0.274. The molecule has 1 fully saturated rings. The van der Waals surface area contributed by atoms with E-state index in [-0.39, 0.29) is 0 Å². The second kappa shape index (κ2) is 6.92. The van der Waals surface area contributed by atoms with Crippen LogP contribution in [0.5, 0.6) is 0 Å². The molecule has 0 aliphatic carbocycles. The molecular weight excluding hydrogens is 298 g/mol. The van der Waals surface area contributed by atoms with Gasteiger partial charge in [0.15, 0.2) is 0 Å². The Morgan fingerprint density at radius 2 is 2.14 bits per heavy atom. The fourth-order valence-corrected chi connectivity index (χ4v) is 5.14. The maximum Gasteiger partial charge on any atom is 0.112 e. The Hall–Kier alpha value is -0.880. The summed E-state index contributed by atoms with van der Waals surface area (Å²) >= 11 is 3.89. The van der Waals surface area contributed by atoms with Crippen molar-refractivity contribution in [3.63, 3.8) is 0 Å². The molecule has 1 aromatic heterocycles. The predicted octanol–water partition coefficient (Wildman–Crippen LogP) is 3.25. The van der Waals surface area contributed by atoms with E-state index in [4.69, 9.17) is 4.98 Å². The molecule has 0 spiro atoms. The molecule has 0 bridgehead atoms. The van der Waals surface area contributed by atoms with Crippen molar-refractivity contribution in [1.29, 1.82) is 0 Å². The monoisotopic (exact) mass is 319 g/mol. The highest BCUT2D eigenvalue weighted by atomic mass is 32.2. The van der Waals surface area contributed by atoms with Gasteiger partial charge in [-0.25, -0.2) is 4.98 Å². The molecule has 1 atom stereocenters. The molecule has 0 amide bonds. The van der Waals surface area contributed by atoms with E-state index in [0.717, 1.165) is 18.8 Å². The van der Waals surface area contributed by atoms with Crippen molar-refractivity contribution in [2.45, 2.75) is 12.6 Å². The van der Waals surface area contributed by atoms with Gasteiger partial charge in [0.25, 0.3) is 0 Å². The number of nitrogens with one attached hydrogen (secondary N) is 1. The van der Waals surface area contributed by atoms with Gasteiger partial charge < -0.3 is 5.32 Å². The Morgan fingerprint density at radius 3 is 2.86 bits per heavy atom. The Morgan fingerprint density at radius 1 is 1.33 bits per heavy atom. The third kappa shape index (κ3) is 3.31. The lowest BCUT2D eigenvalue weighted by Gasteiger charge is -2.30. The second-order valence-corrected chi connectivity index (χ2v) is 7.48. The van der Waals surface area contributed by atoms with Crippen LogP contribution in [-0.4, -0.2) is 42.0 Å². The topological polar surface area (TPSA) is 28.2 Å². The Labute approximate surface area is 134 Å². The van der Waals surface area contributed by atoms with Crippen molar-refractivity contribution in [2.24, 2.45) is 0 Å². The third-order valence-electron chi connectivity index (χ3n) is 3.78. The standard InChI is InChI=1S/C16H21N3S2/c1-17-10-13-15(12-6-4-3-5-7-12)21-16(18-13)14-11-20-9-8-19(14)2/h3-7,14,17H,8-11H2,1-2H3. The summed E-state index contributed by atoms with van der Waals surface area (Å²) in [6.07, 6.45) is 0. The Bertz CT molecular complexity index is 582. The van der Waals surface area contributed by atoms with Gasteiger partial charge in [-0.2, -0.15) is 11.8 Å². The zero-order valence-electron chi connectivity index (χ0n) is 12.5. The van der Waals surface area contributed by atoms with E-state index in [9.17, 15) is 0 Å². The molecule has 3 nitrogen and oxygen atoms in total. The summed E-state index contributed by atoms with van der Waals surface area (Å²) in [5.41, 5.74) is 2.45. The first-order chi connectivity index (χ1) is 10.3. The first kappa shape index (κ1) is 15.0. The van der Waals surface area contributed by atoms with Gasteiger partial charge in [-0.15, -0.1) is 11.3 Å². The summed E-state index contributed by atoms with van der Waals surface area (Å²) in [7, 11) is 4.20. The van der Waals surface area contributed by atoms with Crippen LogP contribution in [0.1, 0.15) is 16.7 Å². The lowest BCUT2D eigenvalue weighted by atomic mass is 10.1. The fourth-order valence-electron chi connectivity index (χ4n) is 2.56. The van der Waals surface area contributed by atoms with E-state index in [1.165, 1.54) is 26.9 Å². The van der Waals surface area contributed by atoms with Crippen LogP contribution in [0.25, 0.3) is 10.4 Å². The summed E-state index contributed by atoms with van der Waals surface area (Å²) in [5.74, 6) is 2.38.